The zero-order valence-corrected chi connectivity index (χ0v) is 12.0. The molecule has 1 saturated heterocycles. The third-order valence-corrected chi connectivity index (χ3v) is 3.80. The smallest absolute Gasteiger partial charge is 0.326 e. The van der Waals surface area contributed by atoms with E-state index < -0.39 is 12.0 Å². The Balaban J connectivity index is 1.90. The lowest BCUT2D eigenvalue weighted by Crippen LogP contribution is -2.40. The molecule has 5 nitrogen and oxygen atoms in total. The van der Waals surface area contributed by atoms with Crippen LogP contribution in [0.15, 0.2) is 24.3 Å². The fourth-order valence-electron chi connectivity index (χ4n) is 2.57. The van der Waals surface area contributed by atoms with Crippen molar-refractivity contribution in [3.8, 4) is 0 Å². The van der Waals surface area contributed by atoms with Crippen molar-refractivity contribution in [3.63, 3.8) is 0 Å². The number of ketones is 1. The molecule has 1 amide bonds. The molecule has 1 aromatic carbocycles. The lowest BCUT2D eigenvalue weighted by Gasteiger charge is -2.21. The normalized spacial score (nSPS) is 17.8. The van der Waals surface area contributed by atoms with Crippen molar-refractivity contribution < 1.29 is 19.5 Å². The number of aryl methyl sites for hydroxylation is 1. The number of hydrogen-bond donors (Lipinski definition) is 1. The lowest BCUT2D eigenvalue weighted by molar-refractivity contribution is -0.148. The van der Waals surface area contributed by atoms with Crippen LogP contribution in [0.4, 0.5) is 0 Å². The van der Waals surface area contributed by atoms with Crippen molar-refractivity contribution in [2.24, 2.45) is 0 Å². The molecule has 0 aromatic heterocycles. The molecular formula is C16H19NO4. The van der Waals surface area contributed by atoms with E-state index in [2.05, 4.69) is 0 Å². The van der Waals surface area contributed by atoms with Gasteiger partial charge in [0, 0.05) is 24.9 Å². The molecule has 1 aromatic rings. The number of benzene rings is 1. The van der Waals surface area contributed by atoms with E-state index in [0.29, 0.717) is 24.9 Å². The third kappa shape index (κ3) is 3.68. The van der Waals surface area contributed by atoms with Gasteiger partial charge in [-0.3, -0.25) is 9.59 Å². The minimum Gasteiger partial charge on any atom is -0.480 e. The number of likely N-dealkylation sites (tertiary alicyclic amines) is 1. The molecule has 1 aliphatic heterocycles. The summed E-state index contributed by atoms with van der Waals surface area (Å²) < 4.78 is 0. The maximum absolute atomic E-state index is 12.1. The second-order valence-electron chi connectivity index (χ2n) is 5.37. The number of carboxylic acid groups (broad SMARTS) is 1. The highest BCUT2D eigenvalue weighted by Gasteiger charge is 2.33. The van der Waals surface area contributed by atoms with Crippen molar-refractivity contribution in [2.45, 2.75) is 38.6 Å². The second-order valence-corrected chi connectivity index (χ2v) is 5.37. The van der Waals surface area contributed by atoms with Crippen LogP contribution in [0.25, 0.3) is 0 Å². The first-order chi connectivity index (χ1) is 9.99. The maximum atomic E-state index is 12.1. The number of carboxylic acids is 1. The quantitative estimate of drug-likeness (QED) is 0.842. The Bertz CT molecular complexity index is 550. The topological polar surface area (TPSA) is 74.7 Å². The van der Waals surface area contributed by atoms with E-state index in [9.17, 15) is 14.4 Å². The number of aliphatic carboxylic acids is 1. The van der Waals surface area contributed by atoms with Gasteiger partial charge >= 0.3 is 5.97 Å². The first-order valence-electron chi connectivity index (χ1n) is 7.11. The maximum Gasteiger partial charge on any atom is 0.326 e. The van der Waals surface area contributed by atoms with Gasteiger partial charge in [0.15, 0.2) is 5.78 Å². The van der Waals surface area contributed by atoms with Crippen LogP contribution in [-0.4, -0.2) is 40.3 Å². The fraction of sp³-hybridized carbons (Fsp3) is 0.438. The summed E-state index contributed by atoms with van der Waals surface area (Å²) in [5.74, 6) is -1.31. The van der Waals surface area contributed by atoms with E-state index >= 15 is 0 Å². The van der Waals surface area contributed by atoms with E-state index in [-0.39, 0.29) is 24.5 Å². The number of carbonyl (C=O) groups excluding carboxylic acids is 2. The highest BCUT2D eigenvalue weighted by molar-refractivity contribution is 5.98. The van der Waals surface area contributed by atoms with Gasteiger partial charge in [0.25, 0.3) is 0 Å². The van der Waals surface area contributed by atoms with Gasteiger partial charge in [-0.05, 0) is 19.8 Å². The van der Waals surface area contributed by atoms with Crippen LogP contribution in [0.1, 0.15) is 41.6 Å². The van der Waals surface area contributed by atoms with E-state index in [4.69, 9.17) is 5.11 Å². The monoisotopic (exact) mass is 289 g/mol. The first kappa shape index (κ1) is 15.2. The number of amides is 1. The Labute approximate surface area is 123 Å². The molecule has 1 N–H and O–H groups in total. The standard InChI is InChI=1S/C16H19NO4/c1-11-4-6-12(7-5-11)14(18)8-9-15(19)17-10-2-3-13(17)16(20)21/h4-7,13H,2-3,8-10H2,1H3,(H,20,21)/t13-/m1/s1. The predicted molar refractivity (Wildman–Crippen MR) is 77.1 cm³/mol. The zero-order chi connectivity index (χ0) is 15.4. The first-order valence-corrected chi connectivity index (χ1v) is 7.11. The van der Waals surface area contributed by atoms with Gasteiger partial charge in [-0.25, -0.2) is 4.79 Å². The van der Waals surface area contributed by atoms with Gasteiger partial charge in [0.05, 0.1) is 0 Å². The summed E-state index contributed by atoms with van der Waals surface area (Å²) in [5, 5.41) is 9.05. The zero-order valence-electron chi connectivity index (χ0n) is 12.0. The molecule has 1 fully saturated rings. The summed E-state index contributed by atoms with van der Waals surface area (Å²) in [6, 6.07) is 6.48. The van der Waals surface area contributed by atoms with E-state index in [1.54, 1.807) is 12.1 Å². The molecule has 112 valence electrons. The van der Waals surface area contributed by atoms with Crippen molar-refractivity contribution in [2.75, 3.05) is 6.54 Å². The van der Waals surface area contributed by atoms with Crippen LogP contribution in [0.2, 0.25) is 0 Å². The molecule has 2 rings (SSSR count). The molecule has 0 saturated carbocycles. The molecule has 5 heteroatoms. The minimum absolute atomic E-state index is 0.0660. The van der Waals surface area contributed by atoms with Gasteiger partial charge in [-0.2, -0.15) is 0 Å². The van der Waals surface area contributed by atoms with Crippen LogP contribution in [0, 0.1) is 6.92 Å². The van der Waals surface area contributed by atoms with Gasteiger partial charge in [-0.15, -0.1) is 0 Å². The molecule has 1 heterocycles. The van der Waals surface area contributed by atoms with Crippen LogP contribution < -0.4 is 0 Å². The van der Waals surface area contributed by atoms with Gasteiger partial charge in [0.2, 0.25) is 5.91 Å². The third-order valence-electron chi connectivity index (χ3n) is 3.80. The Kier molecular flexibility index (Phi) is 4.73. The van der Waals surface area contributed by atoms with Crippen LogP contribution in [-0.2, 0) is 9.59 Å². The van der Waals surface area contributed by atoms with Gasteiger partial charge < -0.3 is 10.0 Å². The van der Waals surface area contributed by atoms with Crippen LogP contribution >= 0.6 is 0 Å². The molecule has 0 aliphatic carbocycles. The molecule has 0 unspecified atom stereocenters. The Morgan fingerprint density at radius 2 is 1.86 bits per heavy atom. The number of hydrogen-bond acceptors (Lipinski definition) is 3. The number of nitrogens with zero attached hydrogens (tertiary/aromatic N) is 1. The summed E-state index contributed by atoms with van der Waals surface area (Å²) in [6.07, 6.45) is 1.38. The number of Topliss-reactive ketones (excluding diaryl/α,β-unsaturated/α-hetero) is 1. The predicted octanol–water partition coefficient (Wildman–Crippen LogP) is 2.03. The van der Waals surface area contributed by atoms with Crippen LogP contribution in [0.3, 0.4) is 0 Å². The van der Waals surface area contributed by atoms with Crippen LogP contribution in [0.5, 0.6) is 0 Å². The minimum atomic E-state index is -0.967. The highest BCUT2D eigenvalue weighted by atomic mass is 16.4. The molecule has 21 heavy (non-hydrogen) atoms. The molecule has 1 aliphatic rings. The number of rotatable bonds is 5. The van der Waals surface area contributed by atoms with Gasteiger partial charge in [-0.1, -0.05) is 29.8 Å². The Morgan fingerprint density at radius 3 is 2.48 bits per heavy atom. The van der Waals surface area contributed by atoms with Crippen molar-refractivity contribution >= 4 is 17.7 Å². The summed E-state index contributed by atoms with van der Waals surface area (Å²) in [5.41, 5.74) is 1.66. The molecule has 0 spiro atoms. The van der Waals surface area contributed by atoms with Gasteiger partial charge in [0.1, 0.15) is 6.04 Å². The largest absolute Gasteiger partial charge is 0.480 e. The average Bonchev–Trinajstić information content (AvgIpc) is 2.95. The van der Waals surface area contributed by atoms with E-state index in [1.807, 2.05) is 19.1 Å². The van der Waals surface area contributed by atoms with E-state index in [1.165, 1.54) is 4.90 Å². The molecule has 0 bridgehead atoms. The van der Waals surface area contributed by atoms with E-state index in [0.717, 1.165) is 5.56 Å². The average molecular weight is 289 g/mol. The lowest BCUT2D eigenvalue weighted by atomic mass is 10.0. The highest BCUT2D eigenvalue weighted by Crippen LogP contribution is 2.19. The summed E-state index contributed by atoms with van der Waals surface area (Å²) in [7, 11) is 0. The fourth-order valence-corrected chi connectivity index (χ4v) is 2.57. The van der Waals surface area contributed by atoms with Crippen molar-refractivity contribution in [1.82, 2.24) is 4.90 Å². The van der Waals surface area contributed by atoms with Crippen molar-refractivity contribution in [1.29, 1.82) is 0 Å². The Morgan fingerprint density at radius 1 is 1.19 bits per heavy atom. The summed E-state index contributed by atoms with van der Waals surface area (Å²) >= 11 is 0. The SMILES string of the molecule is Cc1ccc(C(=O)CCC(=O)N2CCC[C@@H]2C(=O)O)cc1. The van der Waals surface area contributed by atoms with Crippen molar-refractivity contribution in [3.05, 3.63) is 35.4 Å². The second kappa shape index (κ2) is 6.52. The summed E-state index contributed by atoms with van der Waals surface area (Å²) in [4.78, 5) is 36.5. The molecule has 0 radical (unpaired) electrons. The summed E-state index contributed by atoms with van der Waals surface area (Å²) in [6.45, 7) is 2.41. The number of carbonyl (C=O) groups is 3. The molecule has 1 atom stereocenters. The molecular weight excluding hydrogens is 270 g/mol. The Hall–Kier alpha value is -2.17.